The zero-order chi connectivity index (χ0) is 23.1. The molecule has 32 heavy (non-hydrogen) atoms. The lowest BCUT2D eigenvalue weighted by Gasteiger charge is -2.27. The van der Waals surface area contributed by atoms with Gasteiger partial charge in [0.25, 0.3) is 5.91 Å². The van der Waals surface area contributed by atoms with Gasteiger partial charge in [-0.25, -0.2) is 13.7 Å². The molecule has 8 heteroatoms. The van der Waals surface area contributed by atoms with Crippen LogP contribution >= 0.6 is 11.9 Å². The number of nitrogens with one attached hydrogen (secondary N) is 1. The van der Waals surface area contributed by atoms with Gasteiger partial charge < -0.3 is 14.6 Å². The lowest BCUT2D eigenvalue weighted by Crippen LogP contribution is -2.35. The molecule has 1 aliphatic heterocycles. The number of halogens is 1. The third kappa shape index (κ3) is 6.11. The van der Waals surface area contributed by atoms with Crippen LogP contribution < -0.4 is 10.1 Å². The molecule has 0 bridgehead atoms. The van der Waals surface area contributed by atoms with E-state index in [2.05, 4.69) is 16.9 Å². The first-order valence-electron chi connectivity index (χ1n) is 10.5. The first-order chi connectivity index (χ1) is 15.4. The Morgan fingerprint density at radius 3 is 3.00 bits per heavy atom. The minimum absolute atomic E-state index is 0.0162. The minimum Gasteiger partial charge on any atom is -0.489 e. The molecule has 1 aromatic carbocycles. The maximum Gasteiger partial charge on any atom is 0.251 e. The fourth-order valence-electron chi connectivity index (χ4n) is 3.47. The van der Waals surface area contributed by atoms with Crippen molar-refractivity contribution >= 4 is 17.9 Å². The van der Waals surface area contributed by atoms with Crippen molar-refractivity contribution < 1.29 is 13.9 Å². The number of imidazole rings is 1. The number of nitrogens with zero attached hydrogens (tertiary/aromatic N) is 3. The van der Waals surface area contributed by atoms with E-state index in [0.29, 0.717) is 31.7 Å². The average molecular weight is 457 g/mol. The summed E-state index contributed by atoms with van der Waals surface area (Å²) in [4.78, 5) is 16.6. The number of hydrogen-bond donors (Lipinski definition) is 1. The smallest absolute Gasteiger partial charge is 0.251 e. The van der Waals surface area contributed by atoms with E-state index in [1.165, 1.54) is 18.0 Å². The molecule has 0 aliphatic carbocycles. The first-order valence-corrected chi connectivity index (χ1v) is 11.2. The molecule has 3 rings (SSSR count). The molecule has 0 fully saturated rings. The van der Waals surface area contributed by atoms with Gasteiger partial charge in [0.2, 0.25) is 0 Å². The maximum atomic E-state index is 14.7. The van der Waals surface area contributed by atoms with Crippen LogP contribution in [-0.4, -0.2) is 46.5 Å². The Kier molecular flexibility index (Phi) is 8.30. The summed E-state index contributed by atoms with van der Waals surface area (Å²) in [6, 6.07) is 2.96. The number of amides is 1. The normalized spacial score (nSPS) is 16.3. The van der Waals surface area contributed by atoms with Gasteiger partial charge in [-0.1, -0.05) is 30.9 Å². The molecule has 2 heterocycles. The van der Waals surface area contributed by atoms with Crippen molar-refractivity contribution in [2.75, 3.05) is 26.7 Å². The highest BCUT2D eigenvalue weighted by atomic mass is 32.2. The van der Waals surface area contributed by atoms with Crippen LogP contribution in [0.3, 0.4) is 0 Å². The van der Waals surface area contributed by atoms with E-state index in [1.807, 2.05) is 60.4 Å². The number of aromatic nitrogens is 2. The number of benzene rings is 1. The van der Waals surface area contributed by atoms with E-state index in [1.54, 1.807) is 12.4 Å². The summed E-state index contributed by atoms with van der Waals surface area (Å²) in [6.45, 7) is 7.21. The van der Waals surface area contributed by atoms with Crippen molar-refractivity contribution in [1.29, 1.82) is 0 Å². The molecule has 0 spiro atoms. The lowest BCUT2D eigenvalue weighted by atomic mass is 9.85. The Balaban J connectivity index is 1.70. The Morgan fingerprint density at radius 2 is 2.31 bits per heavy atom. The quantitative estimate of drug-likeness (QED) is 0.422. The van der Waals surface area contributed by atoms with E-state index >= 15 is 0 Å². The highest BCUT2D eigenvalue weighted by molar-refractivity contribution is 7.96. The van der Waals surface area contributed by atoms with Gasteiger partial charge in [-0.05, 0) is 55.6 Å². The van der Waals surface area contributed by atoms with Gasteiger partial charge in [0, 0.05) is 37.8 Å². The second-order valence-corrected chi connectivity index (χ2v) is 8.85. The van der Waals surface area contributed by atoms with E-state index in [9.17, 15) is 9.18 Å². The zero-order valence-corrected chi connectivity index (χ0v) is 19.5. The Bertz CT molecular complexity index is 1030. The molecule has 0 radical (unpaired) electrons. The molecule has 2 aromatic rings. The number of hydrogen-bond acceptors (Lipinski definition) is 5. The van der Waals surface area contributed by atoms with E-state index < -0.39 is 5.82 Å². The van der Waals surface area contributed by atoms with E-state index in [0.717, 1.165) is 16.2 Å². The lowest BCUT2D eigenvalue weighted by molar-refractivity contribution is 0.0939. The van der Waals surface area contributed by atoms with Crippen LogP contribution in [0.15, 0.2) is 66.1 Å². The van der Waals surface area contributed by atoms with Crippen LogP contribution in [0.1, 0.15) is 35.2 Å². The molecular weight excluding hydrogens is 427 g/mol. The van der Waals surface area contributed by atoms with Crippen molar-refractivity contribution in [3.8, 4) is 5.75 Å². The summed E-state index contributed by atoms with van der Waals surface area (Å²) in [5.41, 5.74) is 2.22. The van der Waals surface area contributed by atoms with Crippen molar-refractivity contribution in [3.05, 3.63) is 78.1 Å². The van der Waals surface area contributed by atoms with Crippen molar-refractivity contribution in [2.24, 2.45) is 7.05 Å². The maximum absolute atomic E-state index is 14.7. The average Bonchev–Trinajstić information content (AvgIpc) is 3.17. The summed E-state index contributed by atoms with van der Waals surface area (Å²) in [5, 5.41) is 3.74. The van der Waals surface area contributed by atoms with Gasteiger partial charge in [-0.2, -0.15) is 0 Å². The summed E-state index contributed by atoms with van der Waals surface area (Å²) in [5.74, 6) is -0.612. The molecule has 0 saturated heterocycles. The number of ether oxygens (including phenoxy) is 1. The van der Waals surface area contributed by atoms with Crippen molar-refractivity contribution in [1.82, 2.24) is 19.2 Å². The van der Waals surface area contributed by atoms with Crippen molar-refractivity contribution in [2.45, 2.75) is 24.3 Å². The second kappa shape index (κ2) is 11.2. The second-order valence-electron chi connectivity index (χ2n) is 7.62. The molecule has 1 N–H and O–H groups in total. The van der Waals surface area contributed by atoms with Crippen molar-refractivity contribution in [3.63, 3.8) is 0 Å². The molecule has 1 aromatic heterocycles. The van der Waals surface area contributed by atoms with Crippen LogP contribution in [0.25, 0.3) is 0 Å². The number of rotatable bonds is 10. The molecule has 0 saturated carbocycles. The summed E-state index contributed by atoms with van der Waals surface area (Å²) >= 11 is 1.50. The van der Waals surface area contributed by atoms with Crippen LogP contribution in [0, 0.1) is 5.82 Å². The van der Waals surface area contributed by atoms with Crippen LogP contribution in [0.5, 0.6) is 5.75 Å². The summed E-state index contributed by atoms with van der Waals surface area (Å²) < 4.78 is 24.3. The summed E-state index contributed by atoms with van der Waals surface area (Å²) in [6.07, 6.45) is 12.1. The zero-order valence-electron chi connectivity index (χ0n) is 18.7. The number of aryl methyl sites for hydroxylation is 1. The van der Waals surface area contributed by atoms with E-state index in [-0.39, 0.29) is 17.6 Å². The molecule has 170 valence electrons. The van der Waals surface area contributed by atoms with Gasteiger partial charge in [0.05, 0.1) is 6.33 Å². The van der Waals surface area contributed by atoms with Crippen LogP contribution in [0.2, 0.25) is 0 Å². The molecule has 1 amide bonds. The summed E-state index contributed by atoms with van der Waals surface area (Å²) in [7, 11) is 3.85. The highest BCUT2D eigenvalue weighted by Crippen LogP contribution is 2.34. The van der Waals surface area contributed by atoms with Gasteiger partial charge >= 0.3 is 0 Å². The number of fused-ring (bicyclic) bond motifs is 1. The number of allylic oxidation sites excluding steroid dienone is 5. The number of carbonyl (C=O) groups excluding carboxylic acids is 1. The first kappa shape index (κ1) is 23.8. The monoisotopic (exact) mass is 456 g/mol. The number of carbonyl (C=O) groups is 1. The number of likely N-dealkylation sites (N-methyl/N-ethyl adjacent to an activating group) is 1. The Hall–Kier alpha value is -2.84. The van der Waals surface area contributed by atoms with Crippen LogP contribution in [-0.2, 0) is 7.05 Å². The molecule has 1 aliphatic rings. The molecule has 6 nitrogen and oxygen atoms in total. The third-order valence-corrected chi connectivity index (χ3v) is 6.03. The van der Waals surface area contributed by atoms with E-state index in [4.69, 9.17) is 4.74 Å². The molecule has 1 unspecified atom stereocenters. The standard InChI is InChI=1S/C24H29FN4O2S/c1-5-7-8-17(6-2)11-18-14-26-24(30)20-12-21(25)22(13-19(18)20)31-10-9-29(4)32-23-15-28(3)16-27-23/h5-8,12-13,15-16,18H,2,9-11,14H2,1,3-4H3,(H,26,30)/b7-5-,17-8+. The fourth-order valence-corrected chi connectivity index (χ4v) is 4.26. The van der Waals surface area contributed by atoms with Gasteiger partial charge in [-0.3, -0.25) is 4.79 Å². The molecule has 1 atom stereocenters. The SMILES string of the molecule is C=C/C(=C\C=C/C)CC1CNC(=O)c2cc(F)c(OCCN(C)Sc3cn(C)cn3)cc21. The van der Waals surface area contributed by atoms with Gasteiger partial charge in [-0.15, -0.1) is 0 Å². The third-order valence-electron chi connectivity index (χ3n) is 5.14. The highest BCUT2D eigenvalue weighted by Gasteiger charge is 2.28. The Labute approximate surface area is 193 Å². The predicted molar refractivity (Wildman–Crippen MR) is 126 cm³/mol. The van der Waals surface area contributed by atoms with Gasteiger partial charge in [0.15, 0.2) is 11.6 Å². The minimum atomic E-state index is -0.534. The largest absolute Gasteiger partial charge is 0.489 e. The predicted octanol–water partition coefficient (Wildman–Crippen LogP) is 4.48. The molecular formula is C24H29FN4O2S. The van der Waals surface area contributed by atoms with Crippen LogP contribution in [0.4, 0.5) is 4.39 Å². The fraction of sp³-hybridized carbons (Fsp3) is 0.333. The van der Waals surface area contributed by atoms with Gasteiger partial charge in [0.1, 0.15) is 11.6 Å². The topological polar surface area (TPSA) is 59.4 Å². The Morgan fingerprint density at radius 1 is 1.50 bits per heavy atom.